The molecule has 0 bridgehead atoms. The second-order valence-electron chi connectivity index (χ2n) is 6.53. The first-order valence-electron chi connectivity index (χ1n) is 7.48. The number of rotatable bonds is 3. The highest BCUT2D eigenvalue weighted by Crippen LogP contribution is 2.21. The number of amides is 1. The summed E-state index contributed by atoms with van der Waals surface area (Å²) in [4.78, 5) is 13.7. The first-order valence-corrected chi connectivity index (χ1v) is 7.48. The van der Waals surface area contributed by atoms with Crippen molar-refractivity contribution in [1.82, 2.24) is 4.90 Å². The molecule has 1 fully saturated rings. The number of hydrogen-bond acceptors (Lipinski definition) is 4. The predicted molar refractivity (Wildman–Crippen MR) is 82.6 cm³/mol. The van der Waals surface area contributed by atoms with Crippen LogP contribution in [0.5, 0.6) is 5.75 Å². The lowest BCUT2D eigenvalue weighted by Gasteiger charge is -2.24. The van der Waals surface area contributed by atoms with E-state index in [4.69, 9.17) is 14.7 Å². The number of carbonyl (C=O) groups excluding carboxylic acids is 1. The zero-order valence-corrected chi connectivity index (χ0v) is 13.3. The summed E-state index contributed by atoms with van der Waals surface area (Å²) in [6.45, 7) is 7.53. The predicted octanol–water partition coefficient (Wildman–Crippen LogP) is 3.19. The highest BCUT2D eigenvalue weighted by atomic mass is 16.6. The van der Waals surface area contributed by atoms with E-state index in [2.05, 4.69) is 6.07 Å². The molecule has 1 unspecified atom stereocenters. The van der Waals surface area contributed by atoms with Gasteiger partial charge < -0.3 is 14.4 Å². The van der Waals surface area contributed by atoms with E-state index in [0.717, 1.165) is 12.2 Å². The van der Waals surface area contributed by atoms with E-state index >= 15 is 0 Å². The van der Waals surface area contributed by atoms with Crippen LogP contribution >= 0.6 is 0 Å². The molecule has 0 saturated carbocycles. The Kier molecular flexibility index (Phi) is 4.92. The largest absolute Gasteiger partial charge is 0.493 e. The molecule has 5 nitrogen and oxygen atoms in total. The van der Waals surface area contributed by atoms with Crippen LogP contribution in [-0.2, 0) is 4.74 Å². The fraction of sp³-hybridized carbons (Fsp3) is 0.529. The zero-order valence-electron chi connectivity index (χ0n) is 13.3. The number of benzene rings is 1. The summed E-state index contributed by atoms with van der Waals surface area (Å²) in [6.07, 6.45) is 0.656. The van der Waals surface area contributed by atoms with Gasteiger partial charge >= 0.3 is 6.09 Å². The van der Waals surface area contributed by atoms with Gasteiger partial charge in [0, 0.05) is 19.0 Å². The molecule has 2 rings (SSSR count). The quantitative estimate of drug-likeness (QED) is 0.860. The van der Waals surface area contributed by atoms with E-state index in [1.54, 1.807) is 29.2 Å². The van der Waals surface area contributed by atoms with Crippen LogP contribution in [0.1, 0.15) is 32.8 Å². The zero-order chi connectivity index (χ0) is 16.2. The van der Waals surface area contributed by atoms with E-state index in [9.17, 15) is 4.79 Å². The van der Waals surface area contributed by atoms with E-state index in [1.165, 1.54) is 0 Å². The van der Waals surface area contributed by atoms with Crippen molar-refractivity contribution in [3.63, 3.8) is 0 Å². The fourth-order valence-electron chi connectivity index (χ4n) is 2.30. The van der Waals surface area contributed by atoms with Gasteiger partial charge in [-0.2, -0.15) is 5.26 Å². The SMILES string of the molecule is CC(C)(C)OC(=O)N1CCC(COc2ccc(C#N)cc2)C1. The molecule has 1 aromatic rings. The molecule has 0 radical (unpaired) electrons. The molecule has 1 atom stereocenters. The maximum absolute atomic E-state index is 12.0. The molecule has 1 aliphatic heterocycles. The third kappa shape index (κ3) is 4.66. The Morgan fingerprint density at radius 1 is 1.36 bits per heavy atom. The monoisotopic (exact) mass is 302 g/mol. The number of carbonyl (C=O) groups is 1. The minimum atomic E-state index is -0.464. The van der Waals surface area contributed by atoms with Crippen molar-refractivity contribution < 1.29 is 14.3 Å². The minimum absolute atomic E-state index is 0.256. The lowest BCUT2D eigenvalue weighted by atomic mass is 10.1. The second kappa shape index (κ2) is 6.69. The number of hydrogen-bond donors (Lipinski definition) is 0. The van der Waals surface area contributed by atoms with Crippen LogP contribution in [0.2, 0.25) is 0 Å². The highest BCUT2D eigenvalue weighted by molar-refractivity contribution is 5.68. The molecule has 0 N–H and O–H groups in total. The van der Waals surface area contributed by atoms with Gasteiger partial charge in [0.1, 0.15) is 11.4 Å². The molecule has 118 valence electrons. The Labute approximate surface area is 131 Å². The lowest BCUT2D eigenvalue weighted by Crippen LogP contribution is -2.35. The maximum Gasteiger partial charge on any atom is 0.410 e. The molecular formula is C17H22N2O3. The standard InChI is InChI=1S/C17H22N2O3/c1-17(2,3)22-16(20)19-9-8-14(11-19)12-21-15-6-4-13(10-18)5-7-15/h4-7,14H,8-9,11-12H2,1-3H3. The molecule has 0 spiro atoms. The first kappa shape index (κ1) is 16.2. The van der Waals surface area contributed by atoms with Crippen molar-refractivity contribution in [2.75, 3.05) is 19.7 Å². The van der Waals surface area contributed by atoms with Crippen LogP contribution in [0, 0.1) is 17.2 Å². The van der Waals surface area contributed by atoms with Crippen LogP contribution in [0.15, 0.2) is 24.3 Å². The number of nitrogens with zero attached hydrogens (tertiary/aromatic N) is 2. The van der Waals surface area contributed by atoms with Crippen LogP contribution in [0.3, 0.4) is 0 Å². The van der Waals surface area contributed by atoms with Crippen molar-refractivity contribution in [2.45, 2.75) is 32.8 Å². The Bertz CT molecular complexity index is 555. The Balaban J connectivity index is 1.78. The van der Waals surface area contributed by atoms with E-state index in [-0.39, 0.29) is 6.09 Å². The van der Waals surface area contributed by atoms with E-state index < -0.39 is 5.60 Å². The normalized spacial score (nSPS) is 17.9. The van der Waals surface area contributed by atoms with Crippen molar-refractivity contribution in [2.24, 2.45) is 5.92 Å². The van der Waals surface area contributed by atoms with Gasteiger partial charge in [-0.1, -0.05) is 0 Å². The van der Waals surface area contributed by atoms with Crippen LogP contribution in [0.4, 0.5) is 4.79 Å². The third-order valence-electron chi connectivity index (χ3n) is 3.41. The summed E-state index contributed by atoms with van der Waals surface area (Å²) in [6, 6.07) is 9.12. The average molecular weight is 302 g/mol. The van der Waals surface area contributed by atoms with Crippen LogP contribution in [0.25, 0.3) is 0 Å². The summed E-state index contributed by atoms with van der Waals surface area (Å²) in [5.74, 6) is 1.05. The first-order chi connectivity index (χ1) is 10.4. The Morgan fingerprint density at radius 2 is 2.05 bits per heavy atom. The molecule has 1 saturated heterocycles. The molecule has 1 aromatic carbocycles. The molecule has 1 aliphatic rings. The van der Waals surface area contributed by atoms with Crippen molar-refractivity contribution in [3.8, 4) is 11.8 Å². The average Bonchev–Trinajstić information content (AvgIpc) is 2.93. The molecule has 0 aliphatic carbocycles. The summed E-state index contributed by atoms with van der Waals surface area (Å²) < 4.78 is 11.1. The van der Waals surface area contributed by atoms with Gasteiger partial charge in [-0.15, -0.1) is 0 Å². The third-order valence-corrected chi connectivity index (χ3v) is 3.41. The van der Waals surface area contributed by atoms with Gasteiger partial charge in [-0.25, -0.2) is 4.79 Å². The molecule has 1 heterocycles. The molecule has 0 aromatic heterocycles. The summed E-state index contributed by atoms with van der Waals surface area (Å²) in [5.41, 5.74) is 0.151. The van der Waals surface area contributed by atoms with Crippen LogP contribution in [-0.4, -0.2) is 36.3 Å². The highest BCUT2D eigenvalue weighted by Gasteiger charge is 2.30. The van der Waals surface area contributed by atoms with Gasteiger partial charge in [0.2, 0.25) is 0 Å². The molecule has 1 amide bonds. The summed E-state index contributed by atoms with van der Waals surface area (Å²) in [5, 5.41) is 8.75. The molecule has 5 heteroatoms. The van der Waals surface area contributed by atoms with E-state index in [1.807, 2.05) is 20.8 Å². The molecule has 22 heavy (non-hydrogen) atoms. The number of nitriles is 1. The van der Waals surface area contributed by atoms with Crippen LogP contribution < -0.4 is 4.74 Å². The van der Waals surface area contributed by atoms with Crippen molar-refractivity contribution in [3.05, 3.63) is 29.8 Å². The van der Waals surface area contributed by atoms with Gasteiger partial charge in [0.25, 0.3) is 0 Å². The minimum Gasteiger partial charge on any atom is -0.493 e. The lowest BCUT2D eigenvalue weighted by molar-refractivity contribution is 0.0285. The van der Waals surface area contributed by atoms with Gasteiger partial charge in [-0.05, 0) is 51.5 Å². The summed E-state index contributed by atoms with van der Waals surface area (Å²) >= 11 is 0. The smallest absolute Gasteiger partial charge is 0.410 e. The number of likely N-dealkylation sites (tertiary alicyclic amines) is 1. The Morgan fingerprint density at radius 3 is 2.64 bits per heavy atom. The topological polar surface area (TPSA) is 62.6 Å². The van der Waals surface area contributed by atoms with Crippen molar-refractivity contribution in [1.29, 1.82) is 5.26 Å². The number of ether oxygens (including phenoxy) is 2. The summed E-state index contributed by atoms with van der Waals surface area (Å²) in [7, 11) is 0. The van der Waals surface area contributed by atoms with Gasteiger partial charge in [-0.3, -0.25) is 0 Å². The van der Waals surface area contributed by atoms with Gasteiger partial charge in [0.15, 0.2) is 0 Å². The molecular weight excluding hydrogens is 280 g/mol. The fourth-order valence-corrected chi connectivity index (χ4v) is 2.30. The van der Waals surface area contributed by atoms with E-state index in [0.29, 0.717) is 31.2 Å². The Hall–Kier alpha value is -2.22. The van der Waals surface area contributed by atoms with Gasteiger partial charge in [0.05, 0.1) is 18.2 Å². The maximum atomic E-state index is 12.0. The van der Waals surface area contributed by atoms with Crippen molar-refractivity contribution >= 4 is 6.09 Å². The second-order valence-corrected chi connectivity index (χ2v) is 6.53.